The van der Waals surface area contributed by atoms with Gasteiger partial charge in [0.1, 0.15) is 6.61 Å². The molecule has 0 bridgehead atoms. The van der Waals surface area contributed by atoms with Gasteiger partial charge in [-0.1, -0.05) is 66.2 Å². The van der Waals surface area contributed by atoms with E-state index < -0.39 is 0 Å². The molecule has 32 heavy (non-hydrogen) atoms. The molecule has 0 fully saturated rings. The zero-order valence-electron chi connectivity index (χ0n) is 17.3. The number of halogens is 2. The van der Waals surface area contributed by atoms with E-state index in [-0.39, 0.29) is 0 Å². The predicted molar refractivity (Wildman–Crippen MR) is 139 cm³/mol. The minimum absolute atomic E-state index is 0.428. The molecule has 0 amide bonds. The Balaban J connectivity index is 1.63. The summed E-state index contributed by atoms with van der Waals surface area (Å²) < 4.78 is 12.7. The van der Waals surface area contributed by atoms with Crippen LogP contribution in [-0.2, 0) is 6.61 Å². The fourth-order valence-electron chi connectivity index (χ4n) is 3.51. The average Bonchev–Trinajstić information content (AvgIpc) is 2.82. The third kappa shape index (κ3) is 4.90. The van der Waals surface area contributed by atoms with Crippen LogP contribution in [0.25, 0.3) is 22.4 Å². The highest BCUT2D eigenvalue weighted by atomic mass is 127. The van der Waals surface area contributed by atoms with Gasteiger partial charge in [-0.3, -0.25) is 0 Å². The van der Waals surface area contributed by atoms with Crippen LogP contribution < -0.4 is 9.47 Å². The monoisotopic (exact) mass is 551 g/mol. The van der Waals surface area contributed by atoms with Crippen LogP contribution >= 0.6 is 34.2 Å². The largest absolute Gasteiger partial charge is 0.493 e. The van der Waals surface area contributed by atoms with Crippen LogP contribution in [0.3, 0.4) is 0 Å². The van der Waals surface area contributed by atoms with E-state index in [1.165, 1.54) is 10.8 Å². The van der Waals surface area contributed by atoms with Crippen LogP contribution in [0.5, 0.6) is 11.5 Å². The number of benzene rings is 4. The summed E-state index contributed by atoms with van der Waals surface area (Å²) in [6.45, 7) is 0.428. The first kappa shape index (κ1) is 22.2. The summed E-state index contributed by atoms with van der Waals surface area (Å²) in [4.78, 5) is 0. The third-order valence-corrected chi connectivity index (χ3v) is 6.14. The summed E-state index contributed by atoms with van der Waals surface area (Å²) in [6, 6.07) is 27.8. The van der Waals surface area contributed by atoms with Gasteiger partial charge in [0, 0.05) is 5.02 Å². The van der Waals surface area contributed by atoms with E-state index in [1.807, 2.05) is 48.5 Å². The Labute approximate surface area is 206 Å². The first-order valence-electron chi connectivity index (χ1n) is 9.94. The molecule has 0 aliphatic carbocycles. The van der Waals surface area contributed by atoms with Crippen molar-refractivity contribution in [3.63, 3.8) is 0 Å². The molecular weight excluding hydrogens is 533 g/mol. The number of hydrogen-bond acceptors (Lipinski definition) is 3. The highest BCUT2D eigenvalue weighted by molar-refractivity contribution is 14.1. The second kappa shape index (κ2) is 10.1. The van der Waals surface area contributed by atoms with E-state index in [1.54, 1.807) is 19.2 Å². The van der Waals surface area contributed by atoms with Crippen molar-refractivity contribution < 1.29 is 9.47 Å². The van der Waals surface area contributed by atoms with Crippen LogP contribution in [0.1, 0.15) is 16.7 Å². The molecule has 3 nitrogen and oxygen atoms in total. The Morgan fingerprint density at radius 2 is 1.78 bits per heavy atom. The van der Waals surface area contributed by atoms with Crippen molar-refractivity contribution in [1.82, 2.24) is 0 Å². The van der Waals surface area contributed by atoms with E-state index in [2.05, 4.69) is 52.9 Å². The molecule has 0 aliphatic heterocycles. The highest BCUT2D eigenvalue weighted by Crippen LogP contribution is 2.36. The molecule has 0 N–H and O–H groups in total. The summed E-state index contributed by atoms with van der Waals surface area (Å²) in [7, 11) is 1.62. The van der Waals surface area contributed by atoms with Gasteiger partial charge in [-0.2, -0.15) is 5.26 Å². The second-order valence-corrected chi connectivity index (χ2v) is 8.74. The molecule has 0 aromatic heterocycles. The number of hydrogen-bond donors (Lipinski definition) is 0. The third-order valence-electron chi connectivity index (χ3n) is 5.09. The van der Waals surface area contributed by atoms with Gasteiger partial charge in [0.05, 0.1) is 22.3 Å². The molecule has 0 radical (unpaired) electrons. The molecule has 4 aromatic rings. The van der Waals surface area contributed by atoms with E-state index in [0.29, 0.717) is 28.7 Å². The molecule has 0 unspecified atom stereocenters. The van der Waals surface area contributed by atoms with Gasteiger partial charge >= 0.3 is 0 Å². The molecule has 5 heteroatoms. The van der Waals surface area contributed by atoms with Crippen LogP contribution in [-0.4, -0.2) is 7.11 Å². The van der Waals surface area contributed by atoms with E-state index in [0.717, 1.165) is 20.3 Å². The zero-order chi connectivity index (χ0) is 22.5. The van der Waals surface area contributed by atoms with E-state index in [4.69, 9.17) is 21.1 Å². The first-order valence-corrected chi connectivity index (χ1v) is 11.4. The van der Waals surface area contributed by atoms with Gasteiger partial charge in [-0.15, -0.1) is 0 Å². The lowest BCUT2D eigenvalue weighted by Gasteiger charge is -2.15. The van der Waals surface area contributed by atoms with Gasteiger partial charge in [0.25, 0.3) is 0 Å². The minimum atomic E-state index is 0.428. The smallest absolute Gasteiger partial charge is 0.174 e. The van der Waals surface area contributed by atoms with Gasteiger partial charge in [0.15, 0.2) is 11.5 Å². The van der Waals surface area contributed by atoms with Crippen molar-refractivity contribution >= 4 is 56.6 Å². The Bertz CT molecular complexity index is 1340. The quantitative estimate of drug-likeness (QED) is 0.140. The summed E-state index contributed by atoms with van der Waals surface area (Å²) >= 11 is 8.21. The van der Waals surface area contributed by atoms with Crippen LogP contribution in [0.15, 0.2) is 78.9 Å². The van der Waals surface area contributed by atoms with Crippen molar-refractivity contribution in [2.45, 2.75) is 6.61 Å². The second-order valence-electron chi connectivity index (χ2n) is 7.14. The Morgan fingerprint density at radius 1 is 1.03 bits per heavy atom. The summed E-state index contributed by atoms with van der Waals surface area (Å²) in [5.74, 6) is 1.31. The number of nitriles is 1. The van der Waals surface area contributed by atoms with Gasteiger partial charge in [-0.25, -0.2) is 0 Å². The maximum Gasteiger partial charge on any atom is 0.174 e. The lowest BCUT2D eigenvalue weighted by molar-refractivity contribution is 0.283. The summed E-state index contributed by atoms with van der Waals surface area (Å²) in [5.41, 5.74) is 3.32. The highest BCUT2D eigenvalue weighted by Gasteiger charge is 2.13. The summed E-state index contributed by atoms with van der Waals surface area (Å²) in [5, 5.41) is 12.6. The summed E-state index contributed by atoms with van der Waals surface area (Å²) in [6.07, 6.45) is 1.84. The lowest BCUT2D eigenvalue weighted by atomic mass is 10.0. The van der Waals surface area contributed by atoms with Crippen LogP contribution in [0.4, 0.5) is 0 Å². The maximum absolute atomic E-state index is 9.65. The Hall–Kier alpha value is -3.01. The molecule has 0 saturated carbocycles. The van der Waals surface area contributed by atoms with Crippen molar-refractivity contribution in [3.05, 3.63) is 104 Å². The van der Waals surface area contributed by atoms with Gasteiger partial charge in [-0.05, 0) is 80.4 Å². The minimum Gasteiger partial charge on any atom is -0.493 e. The van der Waals surface area contributed by atoms with E-state index >= 15 is 0 Å². The SMILES string of the molecule is COc1cc(/C=C(/C#N)c2ccc(Cl)cc2)cc(I)c1OCc1cccc2ccccc12. The van der Waals surface area contributed by atoms with Gasteiger partial charge in [0.2, 0.25) is 0 Å². The number of rotatable bonds is 6. The molecule has 4 aromatic carbocycles. The van der Waals surface area contributed by atoms with Crippen molar-refractivity contribution in [2.24, 2.45) is 0 Å². The van der Waals surface area contributed by atoms with Gasteiger partial charge < -0.3 is 9.47 Å². The Kier molecular flexibility index (Phi) is 6.99. The average molecular weight is 552 g/mol. The molecule has 4 rings (SSSR count). The number of fused-ring (bicyclic) bond motifs is 1. The van der Waals surface area contributed by atoms with E-state index in [9.17, 15) is 5.26 Å². The number of methoxy groups -OCH3 is 1. The predicted octanol–water partition coefficient (Wildman–Crippen LogP) is 7.75. The molecule has 0 saturated heterocycles. The van der Waals surface area contributed by atoms with Crippen molar-refractivity contribution in [2.75, 3.05) is 7.11 Å². The number of nitrogens with zero attached hydrogens (tertiary/aromatic N) is 1. The number of ether oxygens (including phenoxy) is 2. The fraction of sp³-hybridized carbons (Fsp3) is 0.0741. The molecule has 0 atom stereocenters. The zero-order valence-corrected chi connectivity index (χ0v) is 20.2. The maximum atomic E-state index is 9.65. The Morgan fingerprint density at radius 3 is 2.53 bits per heavy atom. The topological polar surface area (TPSA) is 42.2 Å². The molecule has 0 spiro atoms. The molecular formula is C27H19ClINO2. The first-order chi connectivity index (χ1) is 15.6. The van der Waals surface area contributed by atoms with Crippen molar-refractivity contribution in [3.8, 4) is 17.6 Å². The van der Waals surface area contributed by atoms with Crippen molar-refractivity contribution in [1.29, 1.82) is 5.26 Å². The van der Waals surface area contributed by atoms with Crippen LogP contribution in [0.2, 0.25) is 5.02 Å². The lowest BCUT2D eigenvalue weighted by Crippen LogP contribution is -2.01. The molecule has 0 aliphatic rings. The fourth-order valence-corrected chi connectivity index (χ4v) is 4.41. The standard InChI is InChI=1S/C27H19ClINO2/c1-31-26-15-18(13-22(16-30)19-9-11-23(28)12-10-19)14-25(29)27(26)32-17-21-7-4-6-20-5-2-3-8-24(20)21/h2-15H,17H2,1H3/b22-13-. The van der Waals surface area contributed by atoms with Crippen LogP contribution in [0, 0.1) is 14.9 Å². The molecule has 0 heterocycles. The molecule has 158 valence electrons. The number of allylic oxidation sites excluding steroid dienone is 1. The normalized spacial score (nSPS) is 11.2.